The number of carbonyl (C=O) groups is 1. The van der Waals surface area contributed by atoms with Gasteiger partial charge in [0.25, 0.3) is 11.6 Å². The SMILES string of the molecule is O=C(Nc1nc(-c2cccc([N+](=O)[O-])c2)cs1)c1cc(-c2ccccc2)no1. The average Bonchev–Trinajstić information content (AvgIpc) is 3.39. The highest BCUT2D eigenvalue weighted by Crippen LogP contribution is 2.28. The maximum Gasteiger partial charge on any atom is 0.296 e. The minimum absolute atomic E-state index is 0.0220. The summed E-state index contributed by atoms with van der Waals surface area (Å²) in [6.45, 7) is 0. The number of aromatic nitrogens is 2. The van der Waals surface area contributed by atoms with Crippen molar-refractivity contribution in [2.45, 2.75) is 0 Å². The molecule has 1 N–H and O–H groups in total. The van der Waals surface area contributed by atoms with Crippen LogP contribution in [0.15, 0.2) is 70.6 Å². The number of nitrogens with one attached hydrogen (secondary N) is 1. The molecule has 0 saturated heterocycles. The van der Waals surface area contributed by atoms with Gasteiger partial charge >= 0.3 is 0 Å². The second-order valence-corrected chi connectivity index (χ2v) is 6.60. The summed E-state index contributed by atoms with van der Waals surface area (Å²) in [7, 11) is 0. The molecule has 0 unspecified atom stereocenters. The second kappa shape index (κ2) is 7.41. The Bertz CT molecular complexity index is 1150. The maximum atomic E-state index is 12.4. The quantitative estimate of drug-likeness (QED) is 0.392. The van der Waals surface area contributed by atoms with E-state index in [2.05, 4.69) is 15.5 Å². The molecular formula is C19H12N4O4S. The lowest BCUT2D eigenvalue weighted by Crippen LogP contribution is -2.10. The number of carbonyl (C=O) groups excluding carboxylic acids is 1. The topological polar surface area (TPSA) is 111 Å². The summed E-state index contributed by atoms with van der Waals surface area (Å²) >= 11 is 1.21. The van der Waals surface area contributed by atoms with E-state index in [4.69, 9.17) is 4.52 Å². The van der Waals surface area contributed by atoms with E-state index in [1.807, 2.05) is 30.3 Å². The Morgan fingerprint density at radius 3 is 2.61 bits per heavy atom. The standard InChI is InChI=1S/C19H12N4O4S/c24-18(17-10-15(22-27-17)12-5-2-1-3-6-12)21-19-20-16(11-28-19)13-7-4-8-14(9-13)23(25)26/h1-11H,(H,20,21,24). The molecule has 28 heavy (non-hydrogen) atoms. The first-order chi connectivity index (χ1) is 13.6. The highest BCUT2D eigenvalue weighted by atomic mass is 32.1. The molecule has 4 rings (SSSR count). The van der Waals surface area contributed by atoms with Gasteiger partial charge in [0.15, 0.2) is 5.13 Å². The molecule has 0 spiro atoms. The predicted octanol–water partition coefficient (Wildman–Crippen LogP) is 4.63. The first-order valence-corrected chi connectivity index (χ1v) is 9.02. The Hall–Kier alpha value is -3.85. The van der Waals surface area contributed by atoms with Crippen molar-refractivity contribution < 1.29 is 14.2 Å². The number of amides is 1. The molecule has 9 heteroatoms. The molecule has 4 aromatic rings. The number of non-ortho nitro benzene ring substituents is 1. The van der Waals surface area contributed by atoms with Gasteiger partial charge in [-0.3, -0.25) is 20.2 Å². The first-order valence-electron chi connectivity index (χ1n) is 8.14. The molecule has 0 atom stereocenters. The minimum atomic E-state index is -0.477. The Labute approximate surface area is 162 Å². The van der Waals surface area contributed by atoms with E-state index in [9.17, 15) is 14.9 Å². The monoisotopic (exact) mass is 392 g/mol. The zero-order valence-electron chi connectivity index (χ0n) is 14.2. The van der Waals surface area contributed by atoms with Crippen LogP contribution in [0.3, 0.4) is 0 Å². The molecule has 2 aromatic carbocycles. The molecule has 0 fully saturated rings. The second-order valence-electron chi connectivity index (χ2n) is 5.74. The third-order valence-electron chi connectivity index (χ3n) is 3.88. The summed E-state index contributed by atoms with van der Waals surface area (Å²) in [5.74, 6) is -0.416. The Kier molecular flexibility index (Phi) is 4.65. The van der Waals surface area contributed by atoms with Crippen molar-refractivity contribution in [2.24, 2.45) is 0 Å². The first kappa shape index (κ1) is 17.6. The van der Waals surface area contributed by atoms with Crippen molar-refractivity contribution in [1.82, 2.24) is 10.1 Å². The van der Waals surface area contributed by atoms with Crippen LogP contribution in [0.25, 0.3) is 22.5 Å². The molecule has 1 amide bonds. The lowest BCUT2D eigenvalue weighted by atomic mass is 10.1. The van der Waals surface area contributed by atoms with Gasteiger partial charge in [-0.1, -0.05) is 47.6 Å². The smallest absolute Gasteiger partial charge is 0.296 e. The van der Waals surface area contributed by atoms with E-state index in [-0.39, 0.29) is 11.4 Å². The lowest BCUT2D eigenvalue weighted by Gasteiger charge is -1.98. The van der Waals surface area contributed by atoms with Crippen molar-refractivity contribution >= 4 is 28.1 Å². The van der Waals surface area contributed by atoms with E-state index in [1.54, 1.807) is 23.6 Å². The summed E-state index contributed by atoms with van der Waals surface area (Å²) < 4.78 is 5.13. The molecule has 0 saturated carbocycles. The van der Waals surface area contributed by atoms with Crippen LogP contribution in [0.2, 0.25) is 0 Å². The highest BCUT2D eigenvalue weighted by molar-refractivity contribution is 7.14. The van der Waals surface area contributed by atoms with Crippen molar-refractivity contribution in [3.63, 3.8) is 0 Å². The summed E-state index contributed by atoms with van der Waals surface area (Å²) in [4.78, 5) is 27.1. The van der Waals surface area contributed by atoms with Crippen LogP contribution < -0.4 is 5.32 Å². The van der Waals surface area contributed by atoms with Gasteiger partial charge in [-0.25, -0.2) is 4.98 Å². The van der Waals surface area contributed by atoms with Crippen LogP contribution >= 0.6 is 11.3 Å². The number of rotatable bonds is 5. The summed E-state index contributed by atoms with van der Waals surface area (Å²) in [6, 6.07) is 17.1. The number of nitro benzene ring substituents is 1. The van der Waals surface area contributed by atoms with Gasteiger partial charge in [0.1, 0.15) is 5.69 Å². The van der Waals surface area contributed by atoms with Gasteiger partial charge in [-0.2, -0.15) is 0 Å². The molecule has 8 nitrogen and oxygen atoms in total. The van der Waals surface area contributed by atoms with Crippen LogP contribution in [0.4, 0.5) is 10.8 Å². The van der Waals surface area contributed by atoms with Crippen molar-refractivity contribution in [1.29, 1.82) is 0 Å². The molecule has 138 valence electrons. The number of anilines is 1. The van der Waals surface area contributed by atoms with Gasteiger partial charge in [0.2, 0.25) is 5.76 Å². The summed E-state index contributed by atoms with van der Waals surface area (Å²) in [5.41, 5.74) is 2.50. The zero-order chi connectivity index (χ0) is 19.5. The van der Waals surface area contributed by atoms with Crippen molar-refractivity contribution in [3.05, 3.63) is 81.9 Å². The fourth-order valence-corrected chi connectivity index (χ4v) is 3.24. The van der Waals surface area contributed by atoms with Gasteiger partial charge in [-0.05, 0) is 0 Å². The number of hydrogen-bond acceptors (Lipinski definition) is 7. The van der Waals surface area contributed by atoms with E-state index < -0.39 is 10.8 Å². The van der Waals surface area contributed by atoms with Crippen LogP contribution in [-0.4, -0.2) is 21.0 Å². The van der Waals surface area contributed by atoms with Crippen molar-refractivity contribution in [2.75, 3.05) is 5.32 Å². The van der Waals surface area contributed by atoms with Gasteiger partial charge < -0.3 is 4.52 Å². The molecule has 0 aliphatic rings. The lowest BCUT2D eigenvalue weighted by molar-refractivity contribution is -0.384. The number of hydrogen-bond donors (Lipinski definition) is 1. The molecule has 0 radical (unpaired) electrons. The average molecular weight is 392 g/mol. The maximum absolute atomic E-state index is 12.4. The third kappa shape index (κ3) is 3.64. The zero-order valence-corrected chi connectivity index (χ0v) is 15.1. The van der Waals surface area contributed by atoms with E-state index >= 15 is 0 Å². The minimum Gasteiger partial charge on any atom is -0.350 e. The third-order valence-corrected chi connectivity index (χ3v) is 4.64. The molecule has 0 bridgehead atoms. The van der Waals surface area contributed by atoms with Gasteiger partial charge in [0, 0.05) is 34.7 Å². The number of nitro groups is 1. The molecule has 0 aliphatic heterocycles. The Morgan fingerprint density at radius 2 is 1.82 bits per heavy atom. The normalized spacial score (nSPS) is 10.6. The van der Waals surface area contributed by atoms with Gasteiger partial charge in [0.05, 0.1) is 10.6 Å². The van der Waals surface area contributed by atoms with Crippen LogP contribution in [0.5, 0.6) is 0 Å². The number of benzene rings is 2. The molecule has 0 aliphatic carbocycles. The molecule has 2 aromatic heterocycles. The Morgan fingerprint density at radius 1 is 1.04 bits per heavy atom. The van der Waals surface area contributed by atoms with Crippen LogP contribution in [0, 0.1) is 10.1 Å². The van der Waals surface area contributed by atoms with E-state index in [0.29, 0.717) is 22.1 Å². The largest absolute Gasteiger partial charge is 0.350 e. The fourth-order valence-electron chi connectivity index (χ4n) is 2.53. The predicted molar refractivity (Wildman–Crippen MR) is 104 cm³/mol. The van der Waals surface area contributed by atoms with E-state index in [1.165, 1.54) is 23.5 Å². The Balaban J connectivity index is 1.50. The number of nitrogens with zero attached hydrogens (tertiary/aromatic N) is 3. The highest BCUT2D eigenvalue weighted by Gasteiger charge is 2.16. The molecule has 2 heterocycles. The molecular weight excluding hydrogens is 380 g/mol. The fraction of sp³-hybridized carbons (Fsp3) is 0. The van der Waals surface area contributed by atoms with Gasteiger partial charge in [-0.15, -0.1) is 11.3 Å². The van der Waals surface area contributed by atoms with Crippen LogP contribution in [0.1, 0.15) is 10.6 Å². The van der Waals surface area contributed by atoms with E-state index in [0.717, 1.165) is 5.56 Å². The van der Waals surface area contributed by atoms with Crippen LogP contribution in [-0.2, 0) is 0 Å². The summed E-state index contributed by atoms with van der Waals surface area (Å²) in [6.07, 6.45) is 0. The van der Waals surface area contributed by atoms with Crippen molar-refractivity contribution in [3.8, 4) is 22.5 Å². The summed E-state index contributed by atoms with van der Waals surface area (Å²) in [5, 5.41) is 19.5. The number of thiazole rings is 1.